The van der Waals surface area contributed by atoms with Crippen LogP contribution in [0.2, 0.25) is 19.6 Å². The van der Waals surface area contributed by atoms with Gasteiger partial charge in [0.25, 0.3) is 0 Å². The first-order valence-electron chi connectivity index (χ1n) is 3.72. The molecular weight excluding hydrogens is 156 g/mol. The third kappa shape index (κ3) is 4.34. The van der Waals surface area contributed by atoms with Crippen molar-refractivity contribution < 1.29 is 9.16 Å². The van der Waals surface area contributed by atoms with Gasteiger partial charge in [-0.15, -0.1) is 0 Å². The Kier molecular flexibility index (Phi) is 3.48. The number of hydrogen-bond donors (Lipinski definition) is 0. The van der Waals surface area contributed by atoms with Gasteiger partial charge in [-0.25, -0.2) is 0 Å². The van der Waals surface area contributed by atoms with E-state index in [2.05, 4.69) is 26.2 Å². The molecule has 0 saturated heterocycles. The molecule has 0 aromatic rings. The molecule has 66 valence electrons. The lowest BCUT2D eigenvalue weighted by molar-refractivity contribution is -0.115. The van der Waals surface area contributed by atoms with Crippen LogP contribution in [-0.4, -0.2) is 21.2 Å². The first-order valence-corrected chi connectivity index (χ1v) is 7.13. The van der Waals surface area contributed by atoms with Crippen LogP contribution in [-0.2, 0) is 9.16 Å². The second kappa shape index (κ2) is 3.52. The zero-order valence-electron chi connectivity index (χ0n) is 8.10. The molecule has 0 fully saturated rings. The zero-order chi connectivity index (χ0) is 9.12. The monoisotopic (exact) mass is 174 g/mol. The van der Waals surface area contributed by atoms with Crippen molar-refractivity contribution in [1.82, 2.24) is 0 Å². The molecule has 3 heteroatoms. The Morgan fingerprint density at radius 1 is 1.36 bits per heavy atom. The summed E-state index contributed by atoms with van der Waals surface area (Å²) in [5.41, 5.74) is 0. The lowest BCUT2D eigenvalue weighted by atomic mass is 10.3. The van der Waals surface area contributed by atoms with Crippen molar-refractivity contribution in [2.45, 2.75) is 32.4 Å². The quantitative estimate of drug-likeness (QED) is 0.370. The van der Waals surface area contributed by atoms with Gasteiger partial charge in [0.1, 0.15) is 0 Å². The molecule has 1 atom stereocenters. The van der Waals surface area contributed by atoms with Crippen LogP contribution >= 0.6 is 0 Å². The summed E-state index contributed by atoms with van der Waals surface area (Å²) in [6.07, 6.45) is 1.69. The minimum Gasteiger partial charge on any atom is -0.388 e. The predicted molar refractivity (Wildman–Crippen MR) is 50.0 cm³/mol. The molecule has 0 aromatic carbocycles. The summed E-state index contributed by atoms with van der Waals surface area (Å²) in [4.78, 5) is 0. The highest BCUT2D eigenvalue weighted by Crippen LogP contribution is 2.18. The lowest BCUT2D eigenvalue weighted by Gasteiger charge is -2.31. The third-order valence-corrected chi connectivity index (χ3v) is 2.30. The van der Waals surface area contributed by atoms with Gasteiger partial charge in [0.15, 0.2) is 14.1 Å². The molecule has 0 aliphatic carbocycles. The van der Waals surface area contributed by atoms with Crippen LogP contribution in [0.5, 0.6) is 0 Å². The van der Waals surface area contributed by atoms with E-state index in [1.807, 2.05) is 6.92 Å². The standard InChI is InChI=1S/C8H18O2Si/c1-7-8(2,9-3)10-11(4,5)6/h7H,1H2,2-6H3. The van der Waals surface area contributed by atoms with Gasteiger partial charge in [-0.1, -0.05) is 6.58 Å². The van der Waals surface area contributed by atoms with Crippen LogP contribution < -0.4 is 0 Å². The Balaban J connectivity index is 4.19. The van der Waals surface area contributed by atoms with Gasteiger partial charge in [-0.05, 0) is 32.6 Å². The normalized spacial score (nSPS) is 17.5. The maximum atomic E-state index is 5.72. The highest BCUT2D eigenvalue weighted by Gasteiger charge is 2.28. The van der Waals surface area contributed by atoms with Gasteiger partial charge in [0, 0.05) is 7.11 Å². The molecule has 0 heterocycles. The van der Waals surface area contributed by atoms with Crippen LogP contribution in [0.25, 0.3) is 0 Å². The summed E-state index contributed by atoms with van der Waals surface area (Å²) in [6, 6.07) is 0. The molecule has 1 unspecified atom stereocenters. The number of ether oxygens (including phenoxy) is 1. The summed E-state index contributed by atoms with van der Waals surface area (Å²) in [6.45, 7) is 11.9. The predicted octanol–water partition coefficient (Wildman–Crippen LogP) is 2.39. The summed E-state index contributed by atoms with van der Waals surface area (Å²) in [7, 11) is 0.0960. The summed E-state index contributed by atoms with van der Waals surface area (Å²) >= 11 is 0. The first-order chi connectivity index (χ1) is 4.83. The van der Waals surface area contributed by atoms with Gasteiger partial charge in [0.05, 0.1) is 0 Å². The van der Waals surface area contributed by atoms with Crippen LogP contribution in [0.3, 0.4) is 0 Å². The third-order valence-electron chi connectivity index (χ3n) is 1.28. The fraction of sp³-hybridized carbons (Fsp3) is 0.750. The van der Waals surface area contributed by atoms with Crippen LogP contribution in [0.1, 0.15) is 6.92 Å². The minimum atomic E-state index is -1.53. The molecule has 0 aromatic heterocycles. The van der Waals surface area contributed by atoms with Crippen LogP contribution in [0, 0.1) is 0 Å². The number of hydrogen-bond acceptors (Lipinski definition) is 2. The largest absolute Gasteiger partial charge is 0.388 e. The summed E-state index contributed by atoms with van der Waals surface area (Å²) < 4.78 is 10.9. The molecule has 0 radical (unpaired) electrons. The van der Waals surface area contributed by atoms with E-state index < -0.39 is 14.1 Å². The van der Waals surface area contributed by atoms with Crippen molar-refractivity contribution in [2.24, 2.45) is 0 Å². The van der Waals surface area contributed by atoms with Crippen molar-refractivity contribution in [3.8, 4) is 0 Å². The maximum absolute atomic E-state index is 5.72. The maximum Gasteiger partial charge on any atom is 0.187 e. The molecule has 0 saturated carbocycles. The van der Waals surface area contributed by atoms with Crippen LogP contribution in [0.15, 0.2) is 12.7 Å². The van der Waals surface area contributed by atoms with Gasteiger partial charge >= 0.3 is 0 Å². The minimum absolute atomic E-state index is 0.607. The van der Waals surface area contributed by atoms with E-state index in [4.69, 9.17) is 9.16 Å². The van der Waals surface area contributed by atoms with Gasteiger partial charge in [-0.2, -0.15) is 0 Å². The van der Waals surface area contributed by atoms with E-state index in [0.717, 1.165) is 0 Å². The molecular formula is C8H18O2Si. The molecule has 0 bridgehead atoms. The van der Waals surface area contributed by atoms with E-state index in [-0.39, 0.29) is 0 Å². The molecule has 11 heavy (non-hydrogen) atoms. The lowest BCUT2D eigenvalue weighted by Crippen LogP contribution is -2.40. The number of rotatable bonds is 4. The Morgan fingerprint density at radius 2 is 1.82 bits per heavy atom. The van der Waals surface area contributed by atoms with Gasteiger partial charge < -0.3 is 9.16 Å². The summed E-state index contributed by atoms with van der Waals surface area (Å²) in [5, 5.41) is 0. The van der Waals surface area contributed by atoms with Crippen molar-refractivity contribution in [3.63, 3.8) is 0 Å². The fourth-order valence-corrected chi connectivity index (χ4v) is 2.16. The van der Waals surface area contributed by atoms with Crippen molar-refractivity contribution in [3.05, 3.63) is 12.7 Å². The van der Waals surface area contributed by atoms with Crippen LogP contribution in [0.4, 0.5) is 0 Å². The van der Waals surface area contributed by atoms with E-state index in [9.17, 15) is 0 Å². The Labute approximate surface area is 70.3 Å². The smallest absolute Gasteiger partial charge is 0.187 e. The fourth-order valence-electron chi connectivity index (χ4n) is 0.775. The van der Waals surface area contributed by atoms with E-state index >= 15 is 0 Å². The Morgan fingerprint density at radius 3 is 1.91 bits per heavy atom. The van der Waals surface area contributed by atoms with Gasteiger partial charge in [0.2, 0.25) is 0 Å². The molecule has 0 spiro atoms. The number of methoxy groups -OCH3 is 1. The molecule has 0 amide bonds. The zero-order valence-corrected chi connectivity index (χ0v) is 9.10. The Bertz CT molecular complexity index is 140. The Hall–Kier alpha value is -0.123. The van der Waals surface area contributed by atoms with E-state index in [1.165, 1.54) is 0 Å². The van der Waals surface area contributed by atoms with Gasteiger partial charge in [-0.3, -0.25) is 0 Å². The highest BCUT2D eigenvalue weighted by atomic mass is 28.4. The van der Waals surface area contributed by atoms with Crippen molar-refractivity contribution in [2.75, 3.05) is 7.11 Å². The SMILES string of the molecule is C=CC(C)(OC)O[Si](C)(C)C. The first kappa shape index (κ1) is 10.9. The molecule has 0 N–H and O–H groups in total. The average molecular weight is 174 g/mol. The molecule has 2 nitrogen and oxygen atoms in total. The average Bonchev–Trinajstić information content (AvgIpc) is 1.84. The van der Waals surface area contributed by atoms with E-state index in [1.54, 1.807) is 13.2 Å². The molecule has 0 rings (SSSR count). The molecule has 0 aliphatic heterocycles. The van der Waals surface area contributed by atoms with E-state index in [0.29, 0.717) is 0 Å². The van der Waals surface area contributed by atoms with Crippen molar-refractivity contribution in [1.29, 1.82) is 0 Å². The van der Waals surface area contributed by atoms with Crippen molar-refractivity contribution >= 4 is 8.32 Å². The summed E-state index contributed by atoms with van der Waals surface area (Å²) in [5.74, 6) is -0.607. The topological polar surface area (TPSA) is 18.5 Å². The second-order valence-corrected chi connectivity index (χ2v) is 8.07. The molecule has 0 aliphatic rings. The highest BCUT2D eigenvalue weighted by molar-refractivity contribution is 6.69. The second-order valence-electron chi connectivity index (χ2n) is 3.64.